The van der Waals surface area contributed by atoms with Gasteiger partial charge in [0, 0.05) is 13.6 Å². The van der Waals surface area contributed by atoms with Crippen molar-refractivity contribution in [2.45, 2.75) is 13.3 Å². The molecule has 0 bridgehead atoms. The molecular formula is C14H15BrFN3O. The van der Waals surface area contributed by atoms with Crippen molar-refractivity contribution in [1.29, 1.82) is 0 Å². The molecule has 0 aliphatic heterocycles. The number of aromatic nitrogens is 2. The van der Waals surface area contributed by atoms with Crippen LogP contribution in [-0.2, 0) is 13.5 Å². The van der Waals surface area contributed by atoms with Gasteiger partial charge in [-0.25, -0.2) is 9.07 Å². The molecule has 0 spiro atoms. The van der Waals surface area contributed by atoms with Crippen molar-refractivity contribution >= 4 is 21.6 Å². The summed E-state index contributed by atoms with van der Waals surface area (Å²) >= 11 is 3.26. The van der Waals surface area contributed by atoms with Crippen molar-refractivity contribution in [3.63, 3.8) is 0 Å². The maximum Gasteiger partial charge on any atom is 0.282 e. The van der Waals surface area contributed by atoms with Crippen molar-refractivity contribution in [2.75, 3.05) is 11.9 Å². The normalized spacial score (nSPS) is 10.6. The minimum Gasteiger partial charge on any atom is -0.382 e. The zero-order valence-corrected chi connectivity index (χ0v) is 12.9. The molecule has 20 heavy (non-hydrogen) atoms. The van der Waals surface area contributed by atoms with E-state index >= 15 is 0 Å². The number of aryl methyl sites for hydroxylation is 2. The maximum absolute atomic E-state index is 13.0. The molecule has 1 aromatic carbocycles. The maximum atomic E-state index is 13.0. The lowest BCUT2D eigenvalue weighted by Crippen LogP contribution is -2.21. The van der Waals surface area contributed by atoms with Crippen LogP contribution >= 0.6 is 15.9 Å². The summed E-state index contributed by atoms with van der Waals surface area (Å²) < 4.78 is 14.7. The summed E-state index contributed by atoms with van der Waals surface area (Å²) in [7, 11) is 1.60. The predicted octanol–water partition coefficient (Wildman–Crippen LogP) is 2.64. The Balaban J connectivity index is 2.03. The van der Waals surface area contributed by atoms with Crippen LogP contribution in [0.4, 0.5) is 10.1 Å². The Morgan fingerprint density at radius 1 is 1.45 bits per heavy atom. The second-order valence-corrected chi connectivity index (χ2v) is 5.34. The highest BCUT2D eigenvalue weighted by Crippen LogP contribution is 2.16. The van der Waals surface area contributed by atoms with E-state index in [0.717, 1.165) is 17.5 Å². The number of anilines is 1. The second kappa shape index (κ2) is 6.17. The minimum atomic E-state index is -0.224. The average Bonchev–Trinajstić information content (AvgIpc) is 2.41. The van der Waals surface area contributed by atoms with Gasteiger partial charge in [-0.1, -0.05) is 6.07 Å². The van der Waals surface area contributed by atoms with Crippen LogP contribution in [0.2, 0.25) is 0 Å². The number of hydrogen-bond donors (Lipinski definition) is 1. The molecule has 0 amide bonds. The van der Waals surface area contributed by atoms with Crippen LogP contribution < -0.4 is 10.9 Å². The van der Waals surface area contributed by atoms with Crippen LogP contribution in [0.15, 0.2) is 33.7 Å². The molecule has 2 aromatic rings. The van der Waals surface area contributed by atoms with E-state index in [0.29, 0.717) is 16.7 Å². The first-order valence-corrected chi connectivity index (χ1v) is 6.99. The van der Waals surface area contributed by atoms with Gasteiger partial charge >= 0.3 is 0 Å². The molecule has 1 aromatic heterocycles. The standard InChI is InChI=1S/C14H15BrFN3O/c1-9-7-11(16)4-3-10(9)5-6-17-12-8-18-19(2)14(20)13(12)15/h3-4,7-8,17H,5-6H2,1-2H3. The molecule has 0 aliphatic carbocycles. The molecule has 0 radical (unpaired) electrons. The lowest BCUT2D eigenvalue weighted by atomic mass is 10.1. The zero-order valence-electron chi connectivity index (χ0n) is 11.3. The molecule has 1 N–H and O–H groups in total. The zero-order chi connectivity index (χ0) is 14.7. The topological polar surface area (TPSA) is 46.9 Å². The molecule has 2 rings (SSSR count). The Bertz CT molecular complexity index is 685. The van der Waals surface area contributed by atoms with Crippen LogP contribution in [-0.4, -0.2) is 16.3 Å². The van der Waals surface area contributed by atoms with E-state index in [-0.39, 0.29) is 11.4 Å². The molecule has 106 valence electrons. The number of rotatable bonds is 4. The van der Waals surface area contributed by atoms with Crippen molar-refractivity contribution in [2.24, 2.45) is 7.05 Å². The monoisotopic (exact) mass is 339 g/mol. The van der Waals surface area contributed by atoms with E-state index in [2.05, 4.69) is 26.3 Å². The van der Waals surface area contributed by atoms with Gasteiger partial charge in [0.2, 0.25) is 0 Å². The van der Waals surface area contributed by atoms with Crippen LogP contribution in [0.3, 0.4) is 0 Å². The van der Waals surface area contributed by atoms with E-state index in [1.54, 1.807) is 19.3 Å². The third-order valence-corrected chi connectivity index (χ3v) is 3.86. The van der Waals surface area contributed by atoms with Gasteiger partial charge in [-0.3, -0.25) is 4.79 Å². The smallest absolute Gasteiger partial charge is 0.282 e. The van der Waals surface area contributed by atoms with Crippen molar-refractivity contribution in [3.05, 3.63) is 56.2 Å². The SMILES string of the molecule is Cc1cc(F)ccc1CCNc1cnn(C)c(=O)c1Br. The highest BCUT2D eigenvalue weighted by Gasteiger charge is 2.06. The molecule has 6 heteroatoms. The summed E-state index contributed by atoms with van der Waals surface area (Å²) in [5.41, 5.74) is 2.47. The van der Waals surface area contributed by atoms with Crippen LogP contribution in [0.5, 0.6) is 0 Å². The van der Waals surface area contributed by atoms with Crippen LogP contribution in [0.25, 0.3) is 0 Å². The number of nitrogens with zero attached hydrogens (tertiary/aromatic N) is 2. The van der Waals surface area contributed by atoms with Gasteiger partial charge in [0.25, 0.3) is 5.56 Å². The fourth-order valence-corrected chi connectivity index (χ4v) is 2.40. The van der Waals surface area contributed by atoms with Crippen molar-refractivity contribution in [1.82, 2.24) is 9.78 Å². The van der Waals surface area contributed by atoms with Gasteiger partial charge in [0.05, 0.1) is 11.9 Å². The van der Waals surface area contributed by atoms with Crippen molar-refractivity contribution in [3.8, 4) is 0 Å². The number of benzene rings is 1. The van der Waals surface area contributed by atoms with E-state index in [4.69, 9.17) is 0 Å². The number of nitrogens with one attached hydrogen (secondary N) is 1. The van der Waals surface area contributed by atoms with E-state index in [1.807, 2.05) is 6.92 Å². The van der Waals surface area contributed by atoms with Gasteiger partial charge < -0.3 is 5.32 Å². The molecule has 1 heterocycles. The molecule has 0 saturated heterocycles. The van der Waals surface area contributed by atoms with E-state index in [1.165, 1.54) is 16.8 Å². The summed E-state index contributed by atoms with van der Waals surface area (Å²) in [5.74, 6) is -0.224. The van der Waals surface area contributed by atoms with Gasteiger partial charge in [-0.2, -0.15) is 5.10 Å². The lowest BCUT2D eigenvalue weighted by Gasteiger charge is -2.10. The van der Waals surface area contributed by atoms with E-state index in [9.17, 15) is 9.18 Å². The van der Waals surface area contributed by atoms with Gasteiger partial charge in [0.15, 0.2) is 0 Å². The fourth-order valence-electron chi connectivity index (χ4n) is 1.91. The van der Waals surface area contributed by atoms with Gasteiger partial charge in [-0.05, 0) is 52.5 Å². The Hall–Kier alpha value is -1.69. The molecule has 0 aliphatic rings. The summed E-state index contributed by atoms with van der Waals surface area (Å²) in [6.45, 7) is 2.52. The molecule has 0 atom stereocenters. The molecule has 0 unspecified atom stereocenters. The molecule has 0 saturated carbocycles. The first-order chi connectivity index (χ1) is 9.49. The van der Waals surface area contributed by atoms with Crippen LogP contribution in [0.1, 0.15) is 11.1 Å². The Labute approximate surface area is 124 Å². The summed E-state index contributed by atoms with van der Waals surface area (Å²) in [4.78, 5) is 11.7. The largest absolute Gasteiger partial charge is 0.382 e. The highest BCUT2D eigenvalue weighted by atomic mass is 79.9. The van der Waals surface area contributed by atoms with E-state index < -0.39 is 0 Å². The summed E-state index contributed by atoms with van der Waals surface area (Å²) in [6, 6.07) is 4.76. The number of hydrogen-bond acceptors (Lipinski definition) is 3. The minimum absolute atomic E-state index is 0.187. The molecular weight excluding hydrogens is 325 g/mol. The third kappa shape index (κ3) is 3.25. The Morgan fingerprint density at radius 2 is 2.20 bits per heavy atom. The van der Waals surface area contributed by atoms with Crippen molar-refractivity contribution < 1.29 is 4.39 Å². The Kier molecular flexibility index (Phi) is 4.54. The Morgan fingerprint density at radius 3 is 2.90 bits per heavy atom. The molecule has 4 nitrogen and oxygen atoms in total. The summed E-state index contributed by atoms with van der Waals surface area (Å²) in [6.07, 6.45) is 2.34. The predicted molar refractivity (Wildman–Crippen MR) is 80.5 cm³/mol. The van der Waals surface area contributed by atoms with Crippen LogP contribution in [0, 0.1) is 12.7 Å². The summed E-state index contributed by atoms with van der Waals surface area (Å²) in [5, 5.41) is 7.11. The van der Waals surface area contributed by atoms with Gasteiger partial charge in [0.1, 0.15) is 10.3 Å². The number of halogens is 2. The lowest BCUT2D eigenvalue weighted by molar-refractivity contribution is 0.625. The quantitative estimate of drug-likeness (QED) is 0.931. The third-order valence-electron chi connectivity index (χ3n) is 3.09. The fraction of sp³-hybridized carbons (Fsp3) is 0.286. The molecule has 0 fully saturated rings. The average molecular weight is 340 g/mol. The first-order valence-electron chi connectivity index (χ1n) is 6.19. The second-order valence-electron chi connectivity index (χ2n) is 4.55. The highest BCUT2D eigenvalue weighted by molar-refractivity contribution is 9.10. The van der Waals surface area contributed by atoms with Gasteiger partial charge in [-0.15, -0.1) is 0 Å². The first kappa shape index (κ1) is 14.7.